The molecule has 0 aromatic heterocycles. The quantitative estimate of drug-likeness (QED) is 0.798. The second kappa shape index (κ2) is 5.89. The van der Waals surface area contributed by atoms with Crippen LogP contribution in [-0.2, 0) is 17.7 Å². The average molecular weight is 247 g/mol. The van der Waals surface area contributed by atoms with Crippen LogP contribution in [-0.4, -0.2) is 23.6 Å². The van der Waals surface area contributed by atoms with E-state index in [-0.39, 0.29) is 6.09 Å². The molecule has 0 saturated heterocycles. The highest BCUT2D eigenvalue weighted by Crippen LogP contribution is 2.29. The third-order valence-electron chi connectivity index (χ3n) is 3.27. The Morgan fingerprint density at radius 2 is 1.83 bits per heavy atom. The van der Waals surface area contributed by atoms with Crippen molar-refractivity contribution in [3.8, 4) is 0 Å². The zero-order valence-electron chi connectivity index (χ0n) is 11.2. The van der Waals surface area contributed by atoms with E-state index in [0.29, 0.717) is 19.2 Å². The molecule has 0 aliphatic heterocycles. The monoisotopic (exact) mass is 247 g/mol. The summed E-state index contributed by atoms with van der Waals surface area (Å²) in [5.74, 6) is 0. The number of hydrogen-bond acceptors (Lipinski definition) is 2. The number of nitrogens with zero attached hydrogens (tertiary/aromatic N) is 1. The molecule has 3 nitrogen and oxygen atoms in total. The molecule has 3 heteroatoms. The molecule has 0 bridgehead atoms. The van der Waals surface area contributed by atoms with Gasteiger partial charge in [-0.15, -0.1) is 0 Å². The highest BCUT2D eigenvalue weighted by molar-refractivity contribution is 5.68. The Hall–Kier alpha value is -1.51. The Balaban J connectivity index is 2.01. The maximum Gasteiger partial charge on any atom is 0.410 e. The van der Waals surface area contributed by atoms with Crippen LogP contribution in [0.15, 0.2) is 24.3 Å². The summed E-state index contributed by atoms with van der Waals surface area (Å²) in [5.41, 5.74) is 2.50. The fourth-order valence-corrected chi connectivity index (χ4v) is 2.01. The zero-order chi connectivity index (χ0) is 13.0. The summed E-state index contributed by atoms with van der Waals surface area (Å²) < 4.78 is 5.11. The largest absolute Gasteiger partial charge is 0.450 e. The molecule has 0 unspecified atom stereocenters. The van der Waals surface area contributed by atoms with Crippen LogP contribution < -0.4 is 0 Å². The maximum atomic E-state index is 11.9. The van der Waals surface area contributed by atoms with E-state index >= 15 is 0 Å². The van der Waals surface area contributed by atoms with Crippen molar-refractivity contribution in [2.24, 2.45) is 0 Å². The summed E-state index contributed by atoms with van der Waals surface area (Å²) in [4.78, 5) is 13.7. The van der Waals surface area contributed by atoms with Crippen molar-refractivity contribution in [1.29, 1.82) is 0 Å². The van der Waals surface area contributed by atoms with Gasteiger partial charge >= 0.3 is 6.09 Å². The standard InChI is InChI=1S/C15H21NO2/c1-3-12-5-7-13(8-6-12)11-16(14-9-10-14)15(17)18-4-2/h5-8,14H,3-4,9-11H2,1-2H3. The van der Waals surface area contributed by atoms with E-state index in [4.69, 9.17) is 4.74 Å². The van der Waals surface area contributed by atoms with Crippen LogP contribution in [0.5, 0.6) is 0 Å². The second-order valence-corrected chi connectivity index (χ2v) is 4.73. The molecule has 0 N–H and O–H groups in total. The van der Waals surface area contributed by atoms with Gasteiger partial charge in [0.05, 0.1) is 6.61 Å². The summed E-state index contributed by atoms with van der Waals surface area (Å²) in [6, 6.07) is 8.85. The summed E-state index contributed by atoms with van der Waals surface area (Å²) in [6.07, 6.45) is 3.07. The fourth-order valence-electron chi connectivity index (χ4n) is 2.01. The lowest BCUT2D eigenvalue weighted by Crippen LogP contribution is -2.33. The summed E-state index contributed by atoms with van der Waals surface area (Å²) in [6.45, 7) is 5.09. The molecule has 1 saturated carbocycles. The normalized spacial score (nSPS) is 14.3. The number of aryl methyl sites for hydroxylation is 1. The number of amides is 1. The van der Waals surface area contributed by atoms with Gasteiger partial charge in [0.25, 0.3) is 0 Å². The molecule has 0 radical (unpaired) electrons. The van der Waals surface area contributed by atoms with E-state index in [1.54, 1.807) is 0 Å². The molecule has 1 aliphatic carbocycles. The van der Waals surface area contributed by atoms with E-state index in [2.05, 4.69) is 31.2 Å². The Morgan fingerprint density at radius 3 is 2.33 bits per heavy atom. The highest BCUT2D eigenvalue weighted by Gasteiger charge is 2.33. The van der Waals surface area contributed by atoms with Crippen LogP contribution in [0.25, 0.3) is 0 Å². The Bertz CT molecular complexity index is 395. The first-order valence-corrected chi connectivity index (χ1v) is 6.75. The third kappa shape index (κ3) is 3.25. The van der Waals surface area contributed by atoms with Gasteiger partial charge in [-0.3, -0.25) is 0 Å². The molecule has 0 spiro atoms. The Morgan fingerprint density at radius 1 is 1.22 bits per heavy atom. The molecule has 0 atom stereocenters. The topological polar surface area (TPSA) is 29.5 Å². The molecular formula is C15H21NO2. The minimum atomic E-state index is -0.181. The van der Waals surface area contributed by atoms with E-state index < -0.39 is 0 Å². The van der Waals surface area contributed by atoms with Crippen molar-refractivity contribution >= 4 is 6.09 Å². The first-order chi connectivity index (χ1) is 8.74. The average Bonchev–Trinajstić information content (AvgIpc) is 3.21. The molecule has 1 amide bonds. The van der Waals surface area contributed by atoms with Crippen molar-refractivity contribution in [3.63, 3.8) is 0 Å². The van der Waals surface area contributed by atoms with Gasteiger partial charge in [0, 0.05) is 12.6 Å². The predicted molar refractivity (Wildman–Crippen MR) is 71.4 cm³/mol. The third-order valence-corrected chi connectivity index (χ3v) is 3.27. The molecule has 1 fully saturated rings. The van der Waals surface area contributed by atoms with Crippen LogP contribution in [0.1, 0.15) is 37.8 Å². The minimum Gasteiger partial charge on any atom is -0.450 e. The SMILES string of the molecule is CCOC(=O)N(Cc1ccc(CC)cc1)C1CC1. The van der Waals surface area contributed by atoms with Gasteiger partial charge in [-0.05, 0) is 37.3 Å². The van der Waals surface area contributed by atoms with Crippen LogP contribution in [0.2, 0.25) is 0 Å². The summed E-state index contributed by atoms with van der Waals surface area (Å²) in [5, 5.41) is 0. The predicted octanol–water partition coefficient (Wildman–Crippen LogP) is 3.37. The van der Waals surface area contributed by atoms with Crippen molar-refractivity contribution in [2.45, 2.75) is 45.7 Å². The molecule has 2 rings (SSSR count). The van der Waals surface area contributed by atoms with Gasteiger partial charge in [0.1, 0.15) is 0 Å². The van der Waals surface area contributed by atoms with Crippen molar-refractivity contribution in [2.75, 3.05) is 6.61 Å². The summed E-state index contributed by atoms with van der Waals surface area (Å²) in [7, 11) is 0. The number of rotatable bonds is 5. The fraction of sp³-hybridized carbons (Fsp3) is 0.533. The highest BCUT2D eigenvalue weighted by atomic mass is 16.6. The molecule has 1 aromatic rings. The number of benzene rings is 1. The molecular weight excluding hydrogens is 226 g/mol. The van der Waals surface area contributed by atoms with Crippen molar-refractivity contribution < 1.29 is 9.53 Å². The van der Waals surface area contributed by atoms with Crippen molar-refractivity contribution in [1.82, 2.24) is 4.90 Å². The number of ether oxygens (including phenoxy) is 1. The van der Waals surface area contributed by atoms with Gasteiger partial charge in [0.15, 0.2) is 0 Å². The lowest BCUT2D eigenvalue weighted by Gasteiger charge is -2.21. The molecule has 18 heavy (non-hydrogen) atoms. The molecule has 0 heterocycles. The van der Waals surface area contributed by atoms with Crippen LogP contribution >= 0.6 is 0 Å². The van der Waals surface area contributed by atoms with Gasteiger partial charge in [-0.25, -0.2) is 4.79 Å². The van der Waals surface area contributed by atoms with Gasteiger partial charge < -0.3 is 9.64 Å². The first kappa shape index (κ1) is 12.9. The Labute approximate surface area is 109 Å². The number of carbonyl (C=O) groups is 1. The van der Waals surface area contributed by atoms with E-state index in [9.17, 15) is 4.79 Å². The summed E-state index contributed by atoms with van der Waals surface area (Å²) >= 11 is 0. The van der Waals surface area contributed by atoms with Crippen LogP contribution in [0, 0.1) is 0 Å². The van der Waals surface area contributed by atoms with Crippen LogP contribution in [0.3, 0.4) is 0 Å². The van der Waals surface area contributed by atoms with E-state index in [0.717, 1.165) is 19.3 Å². The lowest BCUT2D eigenvalue weighted by atomic mass is 10.1. The van der Waals surface area contributed by atoms with Gasteiger partial charge in [-0.2, -0.15) is 0 Å². The molecule has 98 valence electrons. The molecule has 1 aliphatic rings. The van der Waals surface area contributed by atoms with E-state index in [1.165, 1.54) is 11.1 Å². The van der Waals surface area contributed by atoms with Gasteiger partial charge in [-0.1, -0.05) is 31.2 Å². The number of hydrogen-bond donors (Lipinski definition) is 0. The molecule has 1 aromatic carbocycles. The van der Waals surface area contributed by atoms with Gasteiger partial charge in [0.2, 0.25) is 0 Å². The second-order valence-electron chi connectivity index (χ2n) is 4.73. The minimum absolute atomic E-state index is 0.181. The first-order valence-electron chi connectivity index (χ1n) is 6.75. The van der Waals surface area contributed by atoms with E-state index in [1.807, 2.05) is 11.8 Å². The smallest absolute Gasteiger partial charge is 0.410 e. The number of carbonyl (C=O) groups excluding carboxylic acids is 1. The zero-order valence-corrected chi connectivity index (χ0v) is 11.2. The maximum absolute atomic E-state index is 11.9. The van der Waals surface area contributed by atoms with Crippen LogP contribution in [0.4, 0.5) is 4.79 Å². The van der Waals surface area contributed by atoms with Crippen molar-refractivity contribution in [3.05, 3.63) is 35.4 Å². The Kier molecular flexibility index (Phi) is 4.24. The lowest BCUT2D eigenvalue weighted by molar-refractivity contribution is 0.102.